The monoisotopic (exact) mass is 260 g/mol. The predicted octanol–water partition coefficient (Wildman–Crippen LogP) is 3.10. The van der Waals surface area contributed by atoms with Gasteiger partial charge in [-0.2, -0.15) is 0 Å². The van der Waals surface area contributed by atoms with Crippen LogP contribution in [0.2, 0.25) is 0 Å². The number of hydrogen-bond acceptors (Lipinski definition) is 2. The molecule has 1 aromatic heterocycles. The number of carbonyl (C=O) groups is 1. The van der Waals surface area contributed by atoms with Crippen molar-refractivity contribution in [3.8, 4) is 0 Å². The van der Waals surface area contributed by atoms with Crippen LogP contribution in [0.15, 0.2) is 24.5 Å². The second-order valence-corrected chi connectivity index (χ2v) is 5.53. The van der Waals surface area contributed by atoms with E-state index in [0.29, 0.717) is 6.42 Å². The summed E-state index contributed by atoms with van der Waals surface area (Å²) in [4.78, 5) is 15.7. The Morgan fingerprint density at radius 3 is 2.89 bits per heavy atom. The van der Waals surface area contributed by atoms with Gasteiger partial charge in [0.05, 0.1) is 6.42 Å². The number of carbonyl (C=O) groups excluding carboxylic acids is 1. The second-order valence-electron chi connectivity index (χ2n) is 5.53. The van der Waals surface area contributed by atoms with Gasteiger partial charge in [-0.05, 0) is 24.0 Å². The molecule has 19 heavy (non-hydrogen) atoms. The van der Waals surface area contributed by atoms with Crippen LogP contribution in [0.1, 0.15) is 50.5 Å². The molecule has 1 aromatic rings. The number of nitrogens with one attached hydrogen (secondary N) is 1. The number of unbranched alkanes of at least 4 members (excludes halogenated alkanes) is 1. The van der Waals surface area contributed by atoms with E-state index in [2.05, 4.69) is 10.3 Å². The number of rotatable bonds is 7. The van der Waals surface area contributed by atoms with E-state index >= 15 is 0 Å². The summed E-state index contributed by atoms with van der Waals surface area (Å²) in [7, 11) is 0. The standard InChI is InChI=1S/C16H24N2O/c19-16(12-15-9-5-10-17-13-15)18-11-4-3-8-14-6-1-2-7-14/h5,9-10,13-14H,1-4,6-8,11-12H2,(H,18,19). The SMILES string of the molecule is O=C(Cc1cccnc1)NCCCCC1CCCC1. The molecule has 1 saturated carbocycles. The molecule has 3 nitrogen and oxygen atoms in total. The molecule has 0 aliphatic heterocycles. The summed E-state index contributed by atoms with van der Waals surface area (Å²) >= 11 is 0. The molecule has 0 unspecified atom stereocenters. The van der Waals surface area contributed by atoms with Crippen LogP contribution in [0.4, 0.5) is 0 Å². The van der Waals surface area contributed by atoms with E-state index < -0.39 is 0 Å². The van der Waals surface area contributed by atoms with Crippen molar-refractivity contribution in [3.05, 3.63) is 30.1 Å². The summed E-state index contributed by atoms with van der Waals surface area (Å²) in [6.07, 6.45) is 13.3. The molecule has 1 fully saturated rings. The quantitative estimate of drug-likeness (QED) is 0.765. The Bertz CT molecular complexity index is 372. The van der Waals surface area contributed by atoms with Crippen LogP contribution in [0.5, 0.6) is 0 Å². The molecule has 0 saturated heterocycles. The number of pyridine rings is 1. The molecule has 0 atom stereocenters. The molecule has 0 aromatic carbocycles. The predicted molar refractivity (Wildman–Crippen MR) is 76.8 cm³/mol. The third kappa shape index (κ3) is 5.41. The lowest BCUT2D eigenvalue weighted by Gasteiger charge is -2.09. The van der Waals surface area contributed by atoms with Gasteiger partial charge in [0.15, 0.2) is 0 Å². The average Bonchev–Trinajstić information content (AvgIpc) is 2.92. The maximum atomic E-state index is 11.7. The van der Waals surface area contributed by atoms with Gasteiger partial charge in [-0.1, -0.05) is 44.6 Å². The minimum absolute atomic E-state index is 0.105. The molecule has 104 valence electrons. The van der Waals surface area contributed by atoms with Gasteiger partial charge in [-0.3, -0.25) is 9.78 Å². The molecule has 3 heteroatoms. The Balaban J connectivity index is 1.51. The van der Waals surface area contributed by atoms with Crippen LogP contribution in [-0.4, -0.2) is 17.4 Å². The third-order valence-electron chi connectivity index (χ3n) is 3.92. The fourth-order valence-corrected chi connectivity index (χ4v) is 2.84. The topological polar surface area (TPSA) is 42.0 Å². The van der Waals surface area contributed by atoms with Gasteiger partial charge in [0.1, 0.15) is 0 Å². The number of nitrogens with zero attached hydrogens (tertiary/aromatic N) is 1. The minimum atomic E-state index is 0.105. The van der Waals surface area contributed by atoms with Crippen molar-refractivity contribution >= 4 is 5.91 Å². The molecule has 0 spiro atoms. The summed E-state index contributed by atoms with van der Waals surface area (Å²) in [6.45, 7) is 0.811. The number of aromatic nitrogens is 1. The fourth-order valence-electron chi connectivity index (χ4n) is 2.84. The molecule has 1 aliphatic carbocycles. The smallest absolute Gasteiger partial charge is 0.224 e. The van der Waals surface area contributed by atoms with Crippen LogP contribution in [0, 0.1) is 5.92 Å². The van der Waals surface area contributed by atoms with Crippen molar-refractivity contribution in [2.24, 2.45) is 5.92 Å². The Labute approximate surface area is 115 Å². The van der Waals surface area contributed by atoms with Crippen molar-refractivity contribution in [2.75, 3.05) is 6.54 Å². The van der Waals surface area contributed by atoms with Gasteiger partial charge >= 0.3 is 0 Å². The second kappa shape index (κ2) is 7.93. The highest BCUT2D eigenvalue weighted by molar-refractivity contribution is 5.78. The van der Waals surface area contributed by atoms with Gasteiger partial charge in [0.2, 0.25) is 5.91 Å². The lowest BCUT2D eigenvalue weighted by Crippen LogP contribution is -2.26. The van der Waals surface area contributed by atoms with Gasteiger partial charge < -0.3 is 5.32 Å². The Kier molecular flexibility index (Phi) is 5.86. The van der Waals surface area contributed by atoms with E-state index in [-0.39, 0.29) is 5.91 Å². The zero-order valence-electron chi connectivity index (χ0n) is 11.6. The van der Waals surface area contributed by atoms with E-state index in [4.69, 9.17) is 0 Å². The van der Waals surface area contributed by atoms with Gasteiger partial charge in [-0.25, -0.2) is 0 Å². The maximum absolute atomic E-state index is 11.7. The summed E-state index contributed by atoms with van der Waals surface area (Å²) < 4.78 is 0. The molecule has 2 rings (SSSR count). The van der Waals surface area contributed by atoms with Gasteiger partial charge in [0.25, 0.3) is 0 Å². The third-order valence-corrected chi connectivity index (χ3v) is 3.92. The normalized spacial score (nSPS) is 15.6. The van der Waals surface area contributed by atoms with Crippen molar-refractivity contribution in [1.29, 1.82) is 0 Å². The largest absolute Gasteiger partial charge is 0.356 e. The molecule has 0 radical (unpaired) electrons. The first-order valence-corrected chi connectivity index (χ1v) is 7.50. The van der Waals surface area contributed by atoms with Crippen LogP contribution in [0.25, 0.3) is 0 Å². The van der Waals surface area contributed by atoms with Gasteiger partial charge in [0, 0.05) is 18.9 Å². The van der Waals surface area contributed by atoms with E-state index in [0.717, 1.165) is 24.4 Å². The first kappa shape index (κ1) is 14.0. The van der Waals surface area contributed by atoms with E-state index in [1.807, 2.05) is 12.1 Å². The summed E-state index contributed by atoms with van der Waals surface area (Å²) in [5, 5.41) is 2.99. The summed E-state index contributed by atoms with van der Waals surface area (Å²) in [5.41, 5.74) is 0.978. The molecular formula is C16H24N2O. The highest BCUT2D eigenvalue weighted by Gasteiger charge is 2.13. The lowest BCUT2D eigenvalue weighted by molar-refractivity contribution is -0.120. The van der Waals surface area contributed by atoms with Crippen molar-refractivity contribution in [2.45, 2.75) is 51.4 Å². The molecule has 1 heterocycles. The van der Waals surface area contributed by atoms with Crippen molar-refractivity contribution < 1.29 is 4.79 Å². The first-order chi connectivity index (χ1) is 9.34. The maximum Gasteiger partial charge on any atom is 0.224 e. The molecule has 1 amide bonds. The van der Waals surface area contributed by atoms with Crippen molar-refractivity contribution in [1.82, 2.24) is 10.3 Å². The zero-order valence-corrected chi connectivity index (χ0v) is 11.6. The first-order valence-electron chi connectivity index (χ1n) is 7.50. The summed E-state index contributed by atoms with van der Waals surface area (Å²) in [5.74, 6) is 1.07. The van der Waals surface area contributed by atoms with E-state index in [1.165, 1.54) is 38.5 Å². The Morgan fingerprint density at radius 2 is 2.16 bits per heavy atom. The molecule has 1 aliphatic rings. The molecule has 1 N–H and O–H groups in total. The summed E-state index contributed by atoms with van der Waals surface area (Å²) in [6, 6.07) is 3.80. The molecule has 0 bridgehead atoms. The molecular weight excluding hydrogens is 236 g/mol. The average molecular weight is 260 g/mol. The van der Waals surface area contributed by atoms with Crippen molar-refractivity contribution in [3.63, 3.8) is 0 Å². The highest BCUT2D eigenvalue weighted by Crippen LogP contribution is 2.28. The Morgan fingerprint density at radius 1 is 1.32 bits per heavy atom. The zero-order chi connectivity index (χ0) is 13.3. The van der Waals surface area contributed by atoms with Crippen LogP contribution in [-0.2, 0) is 11.2 Å². The Hall–Kier alpha value is -1.38. The minimum Gasteiger partial charge on any atom is -0.356 e. The van der Waals surface area contributed by atoms with Crippen LogP contribution in [0.3, 0.4) is 0 Å². The van der Waals surface area contributed by atoms with E-state index in [9.17, 15) is 4.79 Å². The van der Waals surface area contributed by atoms with Gasteiger partial charge in [-0.15, -0.1) is 0 Å². The van der Waals surface area contributed by atoms with Crippen LogP contribution >= 0.6 is 0 Å². The lowest BCUT2D eigenvalue weighted by atomic mass is 10.0. The number of amides is 1. The number of hydrogen-bond donors (Lipinski definition) is 1. The van der Waals surface area contributed by atoms with Crippen LogP contribution < -0.4 is 5.32 Å². The highest BCUT2D eigenvalue weighted by atomic mass is 16.1. The van der Waals surface area contributed by atoms with E-state index in [1.54, 1.807) is 12.4 Å². The fraction of sp³-hybridized carbons (Fsp3) is 0.625.